The molecule has 0 fully saturated rings. The zero-order valence-corrected chi connectivity index (χ0v) is 20.5. The van der Waals surface area contributed by atoms with Crippen molar-refractivity contribution in [2.45, 2.75) is 25.7 Å². The lowest BCUT2D eigenvalue weighted by atomic mass is 10.2. The van der Waals surface area contributed by atoms with Gasteiger partial charge in [0.1, 0.15) is 11.5 Å². The second-order valence-electron chi connectivity index (χ2n) is 8.44. The molecule has 0 bridgehead atoms. The van der Waals surface area contributed by atoms with E-state index in [1.807, 2.05) is 122 Å². The van der Waals surface area contributed by atoms with Crippen LogP contribution < -0.4 is 9.47 Å². The Morgan fingerprint density at radius 3 is 1.22 bits per heavy atom. The van der Waals surface area contributed by atoms with Gasteiger partial charge < -0.3 is 9.47 Å². The van der Waals surface area contributed by atoms with Gasteiger partial charge in [-0.15, -0.1) is 0 Å². The van der Waals surface area contributed by atoms with Crippen LogP contribution in [0.15, 0.2) is 119 Å². The van der Waals surface area contributed by atoms with Crippen LogP contribution in [0, 0.1) is 0 Å². The molecule has 0 spiro atoms. The summed E-state index contributed by atoms with van der Waals surface area (Å²) in [5, 5.41) is 0. The van der Waals surface area contributed by atoms with Crippen LogP contribution in [-0.2, 0) is 0 Å². The minimum atomic E-state index is 0.721. The average molecular weight is 477 g/mol. The van der Waals surface area contributed by atoms with Crippen molar-refractivity contribution in [2.24, 2.45) is 9.98 Å². The number of aliphatic imine (C=N–C) groups is 2. The molecule has 36 heavy (non-hydrogen) atoms. The van der Waals surface area contributed by atoms with Crippen LogP contribution in [0.3, 0.4) is 0 Å². The SMILES string of the molecule is C(=Nc1ccc(OCCCCCCOc2ccc(N=Cc3ccccc3)cc2)cc1)c1ccccc1. The van der Waals surface area contributed by atoms with Crippen molar-refractivity contribution in [3.05, 3.63) is 120 Å². The van der Waals surface area contributed by atoms with Crippen LogP contribution in [0.5, 0.6) is 11.5 Å². The largest absolute Gasteiger partial charge is 0.494 e. The standard InChI is InChI=1S/C32H32N2O2/c1(9-23-35-31-19-15-29(16-20-31)33-25-27-11-5-3-6-12-27)2-10-24-36-32-21-17-30(18-22-32)34-26-28-13-7-4-8-14-28/h3-8,11-22,25-26H,1-2,9-10,23-24H2. The quantitative estimate of drug-likeness (QED) is 0.144. The molecule has 0 aliphatic rings. The van der Waals surface area contributed by atoms with Gasteiger partial charge >= 0.3 is 0 Å². The van der Waals surface area contributed by atoms with Gasteiger partial charge in [0.25, 0.3) is 0 Å². The molecule has 0 N–H and O–H groups in total. The topological polar surface area (TPSA) is 43.2 Å². The Morgan fingerprint density at radius 2 is 0.833 bits per heavy atom. The number of unbranched alkanes of at least 4 members (excludes halogenated alkanes) is 3. The Balaban J connectivity index is 1.05. The number of rotatable bonds is 13. The number of hydrogen-bond donors (Lipinski definition) is 0. The average Bonchev–Trinajstić information content (AvgIpc) is 2.94. The number of benzene rings is 4. The van der Waals surface area contributed by atoms with Crippen LogP contribution in [0.1, 0.15) is 36.8 Å². The van der Waals surface area contributed by atoms with Crippen molar-refractivity contribution in [1.82, 2.24) is 0 Å². The second-order valence-corrected chi connectivity index (χ2v) is 8.44. The fourth-order valence-electron chi connectivity index (χ4n) is 3.57. The van der Waals surface area contributed by atoms with Gasteiger partial charge in [-0.25, -0.2) is 0 Å². The molecule has 0 aliphatic heterocycles. The van der Waals surface area contributed by atoms with Crippen LogP contribution in [-0.4, -0.2) is 25.6 Å². The molecule has 0 aromatic heterocycles. The molecule has 0 radical (unpaired) electrons. The van der Waals surface area contributed by atoms with E-state index in [0.29, 0.717) is 0 Å². The summed E-state index contributed by atoms with van der Waals surface area (Å²) in [5.41, 5.74) is 4.01. The molecule has 0 aliphatic carbocycles. The molecular weight excluding hydrogens is 444 g/mol. The highest BCUT2D eigenvalue weighted by molar-refractivity contribution is 5.82. The third-order valence-electron chi connectivity index (χ3n) is 5.57. The van der Waals surface area contributed by atoms with Crippen molar-refractivity contribution in [3.63, 3.8) is 0 Å². The van der Waals surface area contributed by atoms with E-state index in [-0.39, 0.29) is 0 Å². The lowest BCUT2D eigenvalue weighted by molar-refractivity contribution is 0.287. The maximum atomic E-state index is 5.86. The molecule has 4 heteroatoms. The summed E-state index contributed by atoms with van der Waals surface area (Å²) >= 11 is 0. The molecule has 4 aromatic rings. The van der Waals surface area contributed by atoms with Crippen LogP contribution in [0.2, 0.25) is 0 Å². The Hall–Kier alpha value is -4.18. The van der Waals surface area contributed by atoms with Crippen LogP contribution in [0.25, 0.3) is 0 Å². The lowest BCUT2D eigenvalue weighted by Gasteiger charge is -2.08. The molecule has 182 valence electrons. The van der Waals surface area contributed by atoms with Gasteiger partial charge in [-0.3, -0.25) is 9.98 Å². The van der Waals surface area contributed by atoms with Gasteiger partial charge in [-0.2, -0.15) is 0 Å². The van der Waals surface area contributed by atoms with Gasteiger partial charge in [-0.1, -0.05) is 60.7 Å². The normalized spacial score (nSPS) is 11.2. The lowest BCUT2D eigenvalue weighted by Crippen LogP contribution is -1.99. The van der Waals surface area contributed by atoms with Gasteiger partial charge in [-0.05, 0) is 85.3 Å². The van der Waals surface area contributed by atoms with Gasteiger partial charge in [0.05, 0.1) is 24.6 Å². The highest BCUT2D eigenvalue weighted by Crippen LogP contribution is 2.20. The Bertz CT molecular complexity index is 1100. The fraction of sp³-hybridized carbons (Fsp3) is 0.188. The number of nitrogens with zero attached hydrogens (tertiary/aromatic N) is 2. The summed E-state index contributed by atoms with van der Waals surface area (Å²) < 4.78 is 11.7. The van der Waals surface area contributed by atoms with Crippen molar-refractivity contribution in [3.8, 4) is 11.5 Å². The Morgan fingerprint density at radius 1 is 0.444 bits per heavy atom. The maximum Gasteiger partial charge on any atom is 0.119 e. The highest BCUT2D eigenvalue weighted by Gasteiger charge is 1.98. The van der Waals surface area contributed by atoms with Crippen molar-refractivity contribution < 1.29 is 9.47 Å². The first-order valence-electron chi connectivity index (χ1n) is 12.5. The summed E-state index contributed by atoms with van der Waals surface area (Å²) in [4.78, 5) is 9.01. The smallest absolute Gasteiger partial charge is 0.119 e. The van der Waals surface area contributed by atoms with Crippen molar-refractivity contribution in [1.29, 1.82) is 0 Å². The second kappa shape index (κ2) is 14.3. The van der Waals surface area contributed by atoms with E-state index in [4.69, 9.17) is 9.47 Å². The molecule has 0 amide bonds. The van der Waals surface area contributed by atoms with Crippen LogP contribution >= 0.6 is 0 Å². The van der Waals surface area contributed by atoms with E-state index < -0.39 is 0 Å². The van der Waals surface area contributed by atoms with E-state index in [2.05, 4.69) is 9.98 Å². The predicted octanol–water partition coefficient (Wildman–Crippen LogP) is 8.21. The van der Waals surface area contributed by atoms with E-state index in [1.165, 1.54) is 0 Å². The minimum absolute atomic E-state index is 0.721. The predicted molar refractivity (Wildman–Crippen MR) is 150 cm³/mol. The van der Waals surface area contributed by atoms with E-state index in [1.54, 1.807) is 0 Å². The number of hydrogen-bond acceptors (Lipinski definition) is 4. The summed E-state index contributed by atoms with van der Waals surface area (Å²) in [7, 11) is 0. The molecular formula is C32H32N2O2. The molecule has 4 rings (SSSR count). The number of ether oxygens (including phenoxy) is 2. The Kier molecular flexibility index (Phi) is 9.88. The van der Waals surface area contributed by atoms with Crippen molar-refractivity contribution in [2.75, 3.05) is 13.2 Å². The summed E-state index contributed by atoms with van der Waals surface area (Å²) in [6.07, 6.45) is 8.04. The van der Waals surface area contributed by atoms with Crippen LogP contribution in [0.4, 0.5) is 11.4 Å². The first kappa shape index (κ1) is 24.9. The summed E-state index contributed by atoms with van der Waals surface area (Å²) in [5.74, 6) is 1.77. The van der Waals surface area contributed by atoms with Gasteiger partial charge in [0.15, 0.2) is 0 Å². The third kappa shape index (κ3) is 8.88. The zero-order chi connectivity index (χ0) is 24.7. The Labute approximate surface area is 214 Å². The molecule has 0 saturated heterocycles. The minimum Gasteiger partial charge on any atom is -0.494 e. The summed E-state index contributed by atoms with van der Waals surface area (Å²) in [6, 6.07) is 36.0. The van der Waals surface area contributed by atoms with Gasteiger partial charge in [0.2, 0.25) is 0 Å². The van der Waals surface area contributed by atoms with E-state index in [9.17, 15) is 0 Å². The molecule has 0 unspecified atom stereocenters. The molecule has 0 saturated carbocycles. The fourth-order valence-corrected chi connectivity index (χ4v) is 3.57. The van der Waals surface area contributed by atoms with Gasteiger partial charge in [0, 0.05) is 12.4 Å². The first-order valence-corrected chi connectivity index (χ1v) is 12.5. The van der Waals surface area contributed by atoms with E-state index in [0.717, 1.165) is 72.9 Å². The maximum absolute atomic E-state index is 5.86. The first-order chi connectivity index (χ1) is 17.8. The highest BCUT2D eigenvalue weighted by atomic mass is 16.5. The van der Waals surface area contributed by atoms with Crippen molar-refractivity contribution >= 4 is 23.8 Å². The third-order valence-corrected chi connectivity index (χ3v) is 5.57. The van der Waals surface area contributed by atoms with E-state index >= 15 is 0 Å². The monoisotopic (exact) mass is 476 g/mol. The summed E-state index contributed by atoms with van der Waals surface area (Å²) in [6.45, 7) is 1.44. The molecule has 0 heterocycles. The molecule has 0 atom stereocenters. The zero-order valence-electron chi connectivity index (χ0n) is 20.5. The molecule has 4 aromatic carbocycles. The molecule has 4 nitrogen and oxygen atoms in total.